The number of nitrogens with one attached hydrogen (secondary N) is 1. The molecule has 40 heavy (non-hydrogen) atoms. The van der Waals surface area contributed by atoms with Crippen LogP contribution < -0.4 is 10.2 Å². The minimum absolute atomic E-state index is 0.168. The molecule has 2 atom stereocenters. The average molecular weight is 553 g/mol. The smallest absolute Gasteiger partial charge is 0.390 e. The highest BCUT2D eigenvalue weighted by Crippen LogP contribution is 2.43. The third kappa shape index (κ3) is 4.84. The summed E-state index contributed by atoms with van der Waals surface area (Å²) in [5.74, 6) is -2.50. The summed E-state index contributed by atoms with van der Waals surface area (Å²) in [5.41, 5.74) is 0.453. The van der Waals surface area contributed by atoms with Gasteiger partial charge in [0.25, 0.3) is 11.8 Å². The van der Waals surface area contributed by atoms with Gasteiger partial charge in [-0.2, -0.15) is 18.3 Å². The first-order valence-electron chi connectivity index (χ1n) is 12.5. The van der Waals surface area contributed by atoms with E-state index in [0.29, 0.717) is 28.7 Å². The molecule has 4 aromatic rings. The number of halogens is 4. The Bertz CT molecular complexity index is 1550. The number of benzene rings is 3. The lowest BCUT2D eigenvalue weighted by molar-refractivity contribution is -0.137. The number of aliphatic hydroxyl groups is 1. The monoisotopic (exact) mass is 552 g/mol. The first kappa shape index (κ1) is 27.1. The van der Waals surface area contributed by atoms with Gasteiger partial charge in [-0.1, -0.05) is 36.4 Å². The molecule has 3 aromatic carbocycles. The number of fused-ring (bicyclic) bond motifs is 1. The summed E-state index contributed by atoms with van der Waals surface area (Å²) in [5, 5.41) is 17.5. The normalized spacial score (nSPS) is 17.1. The highest BCUT2D eigenvalue weighted by molar-refractivity contribution is 6.05. The molecule has 206 valence electrons. The molecule has 1 aromatic heterocycles. The zero-order chi connectivity index (χ0) is 28.6. The number of rotatable bonds is 6. The molecule has 0 fully saturated rings. The number of para-hydroxylation sites is 1. The Labute approximate surface area is 226 Å². The molecule has 2 N–H and O–H groups in total. The van der Waals surface area contributed by atoms with Gasteiger partial charge in [0.05, 0.1) is 23.6 Å². The van der Waals surface area contributed by atoms with E-state index in [9.17, 15) is 32.3 Å². The summed E-state index contributed by atoms with van der Waals surface area (Å²) >= 11 is 0. The van der Waals surface area contributed by atoms with Crippen LogP contribution in [0.2, 0.25) is 0 Å². The molecule has 0 saturated heterocycles. The quantitative estimate of drug-likeness (QED) is 0.336. The second-order valence-corrected chi connectivity index (χ2v) is 9.23. The number of carbonyl (C=O) groups excluding carboxylic acids is 2. The number of hydrogen-bond acceptors (Lipinski definition) is 4. The molecule has 0 unspecified atom stereocenters. The van der Waals surface area contributed by atoms with Crippen LogP contribution in [0.5, 0.6) is 0 Å². The van der Waals surface area contributed by atoms with Crippen molar-refractivity contribution in [2.24, 2.45) is 0 Å². The molecule has 7 nitrogen and oxygen atoms in total. The first-order valence-corrected chi connectivity index (χ1v) is 12.5. The molecule has 2 heterocycles. The van der Waals surface area contributed by atoms with Crippen LogP contribution in [-0.4, -0.2) is 39.3 Å². The van der Waals surface area contributed by atoms with Crippen molar-refractivity contribution in [1.82, 2.24) is 15.1 Å². The number of alkyl halides is 3. The number of hydrogen-bond donors (Lipinski definition) is 2. The van der Waals surface area contributed by atoms with Crippen molar-refractivity contribution < 1.29 is 32.3 Å². The Kier molecular flexibility index (Phi) is 7.16. The van der Waals surface area contributed by atoms with Crippen molar-refractivity contribution in [3.05, 3.63) is 113 Å². The number of likely N-dealkylation sites (N-methyl/N-ethyl adjacent to an activating group) is 1. The van der Waals surface area contributed by atoms with Gasteiger partial charge < -0.3 is 10.4 Å². The van der Waals surface area contributed by atoms with Crippen molar-refractivity contribution in [3.63, 3.8) is 0 Å². The Hall–Kier alpha value is -4.51. The largest absolute Gasteiger partial charge is 0.416 e. The zero-order valence-electron chi connectivity index (χ0n) is 21.2. The van der Waals surface area contributed by atoms with Crippen LogP contribution in [0.25, 0.3) is 5.69 Å². The molecular weight excluding hydrogens is 528 g/mol. The minimum Gasteiger partial charge on any atom is -0.390 e. The fourth-order valence-corrected chi connectivity index (χ4v) is 5.03. The second-order valence-electron chi connectivity index (χ2n) is 9.23. The molecule has 1 aliphatic heterocycles. The van der Waals surface area contributed by atoms with Gasteiger partial charge in [-0.15, -0.1) is 0 Å². The SMILES string of the molecule is CCN1C(=O)[C@H](NC(=O)c2cccc(C(F)(F)F)c2)[C@H](c2ccc(F)cc2)c2c(CO)nn(-c3ccccc3)c21. The molecule has 2 amide bonds. The van der Waals surface area contributed by atoms with Crippen LogP contribution >= 0.6 is 0 Å². The maximum Gasteiger partial charge on any atom is 0.416 e. The Balaban J connectivity index is 1.67. The Morgan fingerprint density at radius 1 is 1.02 bits per heavy atom. The van der Waals surface area contributed by atoms with Crippen molar-refractivity contribution in [2.45, 2.75) is 31.7 Å². The van der Waals surface area contributed by atoms with Crippen LogP contribution in [0.1, 0.15) is 45.6 Å². The number of aromatic nitrogens is 2. The van der Waals surface area contributed by atoms with Gasteiger partial charge in [0.15, 0.2) is 0 Å². The average Bonchev–Trinajstić information content (AvgIpc) is 3.33. The second kappa shape index (κ2) is 10.6. The summed E-state index contributed by atoms with van der Waals surface area (Å²) < 4.78 is 55.3. The van der Waals surface area contributed by atoms with Gasteiger partial charge in [-0.25, -0.2) is 9.07 Å². The van der Waals surface area contributed by atoms with Crippen LogP contribution in [0.15, 0.2) is 78.9 Å². The van der Waals surface area contributed by atoms with Gasteiger partial charge in [-0.3, -0.25) is 14.5 Å². The van der Waals surface area contributed by atoms with Crippen LogP contribution in [0.4, 0.5) is 23.4 Å². The van der Waals surface area contributed by atoms with E-state index in [1.165, 1.54) is 39.9 Å². The van der Waals surface area contributed by atoms with E-state index in [2.05, 4.69) is 10.4 Å². The standard InChI is InChI=1S/C29H24F4N4O3/c1-2-36-27-24(22(16-38)35-37(27)21-9-4-3-5-10-21)23(17-11-13-20(30)14-12-17)25(28(36)40)34-26(39)18-7-6-8-19(15-18)29(31,32)33/h3-15,23,25,38H,2,16H2,1H3,(H,34,39)/t23-,25-/m1/s1. The van der Waals surface area contributed by atoms with Gasteiger partial charge >= 0.3 is 6.18 Å². The summed E-state index contributed by atoms with van der Waals surface area (Å²) in [7, 11) is 0. The number of nitrogens with zero attached hydrogens (tertiary/aromatic N) is 3. The molecule has 5 rings (SSSR count). The van der Waals surface area contributed by atoms with E-state index in [1.807, 2.05) is 6.07 Å². The van der Waals surface area contributed by atoms with Gasteiger partial charge in [-0.05, 0) is 55.0 Å². The lowest BCUT2D eigenvalue weighted by atomic mass is 9.81. The molecule has 0 aliphatic carbocycles. The maximum atomic E-state index is 14.0. The van der Waals surface area contributed by atoms with Crippen molar-refractivity contribution >= 4 is 17.6 Å². The summed E-state index contributed by atoms with van der Waals surface area (Å²) in [6, 6.07) is 16.9. The van der Waals surface area contributed by atoms with Crippen molar-refractivity contribution in [2.75, 3.05) is 11.4 Å². The highest BCUT2D eigenvalue weighted by atomic mass is 19.4. The van der Waals surface area contributed by atoms with E-state index < -0.39 is 47.9 Å². The molecular formula is C29H24F4N4O3. The topological polar surface area (TPSA) is 87.5 Å². The van der Waals surface area contributed by atoms with Gasteiger partial charge in [0, 0.05) is 23.6 Å². The number of amides is 2. The lowest BCUT2D eigenvalue weighted by Gasteiger charge is -2.38. The van der Waals surface area contributed by atoms with Crippen LogP contribution in [0.3, 0.4) is 0 Å². The summed E-state index contributed by atoms with van der Waals surface area (Å²) in [4.78, 5) is 28.7. The number of carbonyl (C=O) groups is 2. The van der Waals surface area contributed by atoms with E-state index in [-0.39, 0.29) is 17.8 Å². The predicted molar refractivity (Wildman–Crippen MR) is 138 cm³/mol. The Morgan fingerprint density at radius 3 is 2.35 bits per heavy atom. The third-order valence-electron chi connectivity index (χ3n) is 6.84. The first-order chi connectivity index (χ1) is 19.1. The molecule has 0 bridgehead atoms. The Morgan fingerprint density at radius 2 is 1.73 bits per heavy atom. The predicted octanol–water partition coefficient (Wildman–Crippen LogP) is 4.82. The van der Waals surface area contributed by atoms with E-state index in [4.69, 9.17) is 0 Å². The van der Waals surface area contributed by atoms with Gasteiger partial charge in [0.2, 0.25) is 0 Å². The van der Waals surface area contributed by atoms with Crippen molar-refractivity contribution in [3.8, 4) is 5.69 Å². The molecule has 0 saturated carbocycles. The van der Waals surface area contributed by atoms with E-state index >= 15 is 0 Å². The fraction of sp³-hybridized carbons (Fsp3) is 0.207. The van der Waals surface area contributed by atoms with Crippen LogP contribution in [-0.2, 0) is 17.6 Å². The zero-order valence-corrected chi connectivity index (χ0v) is 21.2. The summed E-state index contributed by atoms with van der Waals surface area (Å²) in [6.45, 7) is 1.40. The molecule has 0 radical (unpaired) electrons. The van der Waals surface area contributed by atoms with Crippen molar-refractivity contribution in [1.29, 1.82) is 0 Å². The molecule has 11 heteroatoms. The molecule has 0 spiro atoms. The van der Waals surface area contributed by atoms with Crippen LogP contribution in [0, 0.1) is 5.82 Å². The van der Waals surface area contributed by atoms with E-state index in [1.54, 1.807) is 31.2 Å². The minimum atomic E-state index is -4.66. The van der Waals surface area contributed by atoms with E-state index in [0.717, 1.165) is 12.1 Å². The summed E-state index contributed by atoms with van der Waals surface area (Å²) in [6.07, 6.45) is -4.66. The highest BCUT2D eigenvalue weighted by Gasteiger charge is 2.46. The molecule has 1 aliphatic rings. The number of anilines is 1. The maximum absolute atomic E-state index is 14.0. The fourth-order valence-electron chi connectivity index (χ4n) is 5.03. The third-order valence-corrected chi connectivity index (χ3v) is 6.84. The lowest BCUT2D eigenvalue weighted by Crippen LogP contribution is -2.55. The van der Waals surface area contributed by atoms with Gasteiger partial charge in [0.1, 0.15) is 17.7 Å². The number of aliphatic hydroxyl groups excluding tert-OH is 1.